The maximum Gasteiger partial charge on any atom is 0.334 e. The first-order valence-electron chi connectivity index (χ1n) is 6.52. The van der Waals surface area contributed by atoms with Crippen LogP contribution in [-0.2, 0) is 4.65 Å². The van der Waals surface area contributed by atoms with Crippen LogP contribution < -0.4 is 5.46 Å². The predicted octanol–water partition coefficient (Wildman–Crippen LogP) is 2.15. The van der Waals surface area contributed by atoms with Crippen LogP contribution >= 0.6 is 0 Å². The summed E-state index contributed by atoms with van der Waals surface area (Å²) >= 11 is 0. The van der Waals surface area contributed by atoms with Crippen molar-refractivity contribution in [2.24, 2.45) is 0 Å². The van der Waals surface area contributed by atoms with Crippen molar-refractivity contribution in [2.45, 2.75) is 38.9 Å². The van der Waals surface area contributed by atoms with Crippen molar-refractivity contribution in [1.29, 1.82) is 0 Å². The highest BCUT2D eigenvalue weighted by molar-refractivity contribution is 6.47. The van der Waals surface area contributed by atoms with Gasteiger partial charge < -0.3 is 14.2 Å². The minimum atomic E-state index is -0.945. The predicted molar refractivity (Wildman–Crippen MR) is 78.8 cm³/mol. The topological polar surface area (TPSA) is 55.5 Å². The molecule has 0 aromatic carbocycles. The van der Waals surface area contributed by atoms with Gasteiger partial charge in [0.15, 0.2) is 0 Å². The fraction of sp³-hybridized carbons (Fsp3) is 0.400. The lowest BCUT2D eigenvalue weighted by atomic mass is 9.83. The lowest BCUT2D eigenvalue weighted by Crippen LogP contribution is -2.49. The van der Waals surface area contributed by atoms with Crippen molar-refractivity contribution in [3.05, 3.63) is 36.9 Å². The Labute approximate surface area is 120 Å². The maximum absolute atomic E-state index is 10.0. The SMILES string of the molecule is CC(C)(O)C(C)(C)O[B]c1coc(-c2cccnc2)c1. The average molecular weight is 272 g/mol. The Balaban J connectivity index is 2.04. The molecule has 0 spiro atoms. The molecule has 2 heterocycles. The second kappa shape index (κ2) is 5.42. The van der Waals surface area contributed by atoms with Gasteiger partial charge in [-0.2, -0.15) is 0 Å². The molecule has 0 fully saturated rings. The van der Waals surface area contributed by atoms with Gasteiger partial charge in [0.2, 0.25) is 0 Å². The van der Waals surface area contributed by atoms with Gasteiger partial charge in [0, 0.05) is 18.0 Å². The Morgan fingerprint density at radius 1 is 1.30 bits per heavy atom. The molecule has 0 bridgehead atoms. The van der Waals surface area contributed by atoms with E-state index in [1.165, 1.54) is 0 Å². The zero-order chi connectivity index (χ0) is 14.8. The summed E-state index contributed by atoms with van der Waals surface area (Å²) in [6, 6.07) is 5.66. The molecule has 4 nitrogen and oxygen atoms in total. The van der Waals surface area contributed by atoms with E-state index in [-0.39, 0.29) is 0 Å². The summed E-state index contributed by atoms with van der Waals surface area (Å²) in [4.78, 5) is 4.05. The molecule has 0 unspecified atom stereocenters. The van der Waals surface area contributed by atoms with Crippen molar-refractivity contribution in [3.63, 3.8) is 0 Å². The van der Waals surface area contributed by atoms with E-state index >= 15 is 0 Å². The third-order valence-corrected chi connectivity index (χ3v) is 3.53. The van der Waals surface area contributed by atoms with E-state index in [1.54, 1.807) is 40.0 Å². The summed E-state index contributed by atoms with van der Waals surface area (Å²) < 4.78 is 11.2. The highest BCUT2D eigenvalue weighted by atomic mass is 16.5. The molecule has 0 saturated carbocycles. The van der Waals surface area contributed by atoms with Crippen LogP contribution in [0.2, 0.25) is 0 Å². The summed E-state index contributed by atoms with van der Waals surface area (Å²) in [6.07, 6.45) is 5.07. The molecule has 105 valence electrons. The van der Waals surface area contributed by atoms with Gasteiger partial charge in [0.05, 0.1) is 17.5 Å². The fourth-order valence-corrected chi connectivity index (χ4v) is 1.43. The van der Waals surface area contributed by atoms with E-state index < -0.39 is 11.2 Å². The van der Waals surface area contributed by atoms with Crippen LogP contribution in [0.1, 0.15) is 27.7 Å². The average Bonchev–Trinajstić information content (AvgIpc) is 2.85. The summed E-state index contributed by atoms with van der Waals surface area (Å²) in [5.74, 6) is 0.731. The van der Waals surface area contributed by atoms with Crippen LogP contribution in [0.5, 0.6) is 0 Å². The Morgan fingerprint density at radius 2 is 2.05 bits per heavy atom. The maximum atomic E-state index is 10.0. The largest absolute Gasteiger partial charge is 0.465 e. The van der Waals surface area contributed by atoms with E-state index in [2.05, 4.69) is 4.98 Å². The molecule has 0 atom stereocenters. The van der Waals surface area contributed by atoms with Gasteiger partial charge >= 0.3 is 7.48 Å². The molecule has 2 aromatic heterocycles. The summed E-state index contributed by atoms with van der Waals surface area (Å²) in [7, 11) is 1.60. The highest BCUT2D eigenvalue weighted by Crippen LogP contribution is 2.24. The fourth-order valence-electron chi connectivity index (χ4n) is 1.43. The minimum absolute atomic E-state index is 0.696. The van der Waals surface area contributed by atoms with Gasteiger partial charge in [-0.25, -0.2) is 0 Å². The van der Waals surface area contributed by atoms with E-state index in [0.717, 1.165) is 16.8 Å². The van der Waals surface area contributed by atoms with Crippen molar-refractivity contribution in [1.82, 2.24) is 4.98 Å². The Bertz CT molecular complexity index is 558. The second-order valence-corrected chi connectivity index (χ2v) is 5.79. The lowest BCUT2D eigenvalue weighted by molar-refractivity contribution is -0.0893. The van der Waals surface area contributed by atoms with Crippen molar-refractivity contribution >= 4 is 12.9 Å². The molecule has 2 aromatic rings. The zero-order valence-electron chi connectivity index (χ0n) is 12.3. The molecular formula is C15H19BNO3. The molecule has 0 aliphatic heterocycles. The van der Waals surface area contributed by atoms with Gasteiger partial charge in [-0.15, -0.1) is 0 Å². The van der Waals surface area contributed by atoms with Gasteiger partial charge in [-0.1, -0.05) is 0 Å². The van der Waals surface area contributed by atoms with Gasteiger partial charge in [-0.3, -0.25) is 4.98 Å². The van der Waals surface area contributed by atoms with Crippen LogP contribution in [0.25, 0.3) is 11.3 Å². The molecule has 2 rings (SSSR count). The minimum Gasteiger partial charge on any atom is -0.465 e. The standard InChI is InChI=1S/C15H19BNO3/c1-14(2,18)15(3,4)20-16-12-8-13(19-10-12)11-6-5-7-17-9-11/h5-10,18H,1-4H3. The van der Waals surface area contributed by atoms with Crippen molar-refractivity contribution in [3.8, 4) is 11.3 Å². The van der Waals surface area contributed by atoms with Gasteiger partial charge in [0.1, 0.15) is 5.76 Å². The number of furan rings is 1. The monoisotopic (exact) mass is 272 g/mol. The lowest BCUT2D eigenvalue weighted by Gasteiger charge is -2.37. The molecule has 1 radical (unpaired) electrons. The zero-order valence-corrected chi connectivity index (χ0v) is 12.3. The number of nitrogens with zero attached hydrogens (tertiary/aromatic N) is 1. The summed E-state index contributed by atoms with van der Waals surface area (Å²) in [5, 5.41) is 10.0. The number of rotatable bonds is 5. The molecule has 1 N–H and O–H groups in total. The first-order chi connectivity index (χ1) is 9.29. The molecule has 20 heavy (non-hydrogen) atoms. The first-order valence-corrected chi connectivity index (χ1v) is 6.52. The normalized spacial score (nSPS) is 12.4. The Hall–Kier alpha value is -1.59. The number of pyridine rings is 1. The van der Waals surface area contributed by atoms with Crippen LogP contribution in [0, 0.1) is 0 Å². The summed E-state index contributed by atoms with van der Waals surface area (Å²) in [5.41, 5.74) is 0.0769. The number of aliphatic hydroxyl groups is 1. The number of hydrogen-bond acceptors (Lipinski definition) is 4. The van der Waals surface area contributed by atoms with Gasteiger partial charge in [0.25, 0.3) is 0 Å². The van der Waals surface area contributed by atoms with Crippen molar-refractivity contribution in [2.75, 3.05) is 0 Å². The number of aromatic nitrogens is 1. The molecule has 5 heteroatoms. The van der Waals surface area contributed by atoms with E-state index in [0.29, 0.717) is 0 Å². The molecule has 0 aliphatic rings. The highest BCUT2D eigenvalue weighted by Gasteiger charge is 2.35. The van der Waals surface area contributed by atoms with E-state index in [1.807, 2.05) is 32.0 Å². The number of hydrogen-bond donors (Lipinski definition) is 1. The van der Waals surface area contributed by atoms with Crippen LogP contribution in [-0.4, -0.2) is 28.8 Å². The van der Waals surface area contributed by atoms with Crippen LogP contribution in [0.15, 0.2) is 41.3 Å². The molecule has 0 aliphatic carbocycles. The molecular weight excluding hydrogens is 253 g/mol. The summed E-state index contributed by atoms with van der Waals surface area (Å²) in [6.45, 7) is 7.12. The quantitative estimate of drug-likeness (QED) is 0.847. The Kier molecular flexibility index (Phi) is 4.02. The third-order valence-electron chi connectivity index (χ3n) is 3.53. The van der Waals surface area contributed by atoms with Crippen molar-refractivity contribution < 1.29 is 14.2 Å². The smallest absolute Gasteiger partial charge is 0.334 e. The van der Waals surface area contributed by atoms with E-state index in [9.17, 15) is 5.11 Å². The Morgan fingerprint density at radius 3 is 2.65 bits per heavy atom. The van der Waals surface area contributed by atoms with E-state index in [4.69, 9.17) is 9.07 Å². The molecule has 0 saturated heterocycles. The third kappa shape index (κ3) is 3.29. The van der Waals surface area contributed by atoms with Gasteiger partial charge in [-0.05, 0) is 51.4 Å². The van der Waals surface area contributed by atoms with Crippen LogP contribution in [0.4, 0.5) is 0 Å². The molecule has 0 amide bonds. The second-order valence-electron chi connectivity index (χ2n) is 5.79. The first kappa shape index (κ1) is 14.8. The van der Waals surface area contributed by atoms with Crippen LogP contribution in [0.3, 0.4) is 0 Å².